The molecule has 0 aliphatic carbocycles. The Morgan fingerprint density at radius 3 is 2.11 bits per heavy atom. The van der Waals surface area contributed by atoms with Gasteiger partial charge >= 0.3 is 6.18 Å². The van der Waals surface area contributed by atoms with E-state index in [1.54, 1.807) is 19.0 Å². The average molecular weight is 630 g/mol. The summed E-state index contributed by atoms with van der Waals surface area (Å²) in [5, 5.41) is 5.90. The van der Waals surface area contributed by atoms with E-state index in [-0.39, 0.29) is 41.3 Å². The van der Waals surface area contributed by atoms with Gasteiger partial charge in [0.15, 0.2) is 5.78 Å². The van der Waals surface area contributed by atoms with Crippen LogP contribution in [0.15, 0.2) is 83.8 Å². The van der Waals surface area contributed by atoms with Crippen molar-refractivity contribution < 1.29 is 30.8 Å². The summed E-state index contributed by atoms with van der Waals surface area (Å²) in [6, 6.07) is 15.2. The zero-order valence-corrected chi connectivity index (χ0v) is 24.2. The standard InChI is InChI=1S/C29H27F4N7O3S/c1-40(2)28-38-26(37-27(39-28)36-23-12-10-22(30)11-13-23)34-17-18-35-44(42,43)24-14-6-20(7-15-24)25(41)16-5-19-3-8-21(9-4-19)29(31,32)33/h3-16,35H,17-18H2,1-2H3,(H2,34,36,37,38,39)/b16-5+. The van der Waals surface area contributed by atoms with E-state index in [1.807, 2.05) is 0 Å². The Kier molecular flexibility index (Phi) is 9.90. The fraction of sp³-hybridized carbons (Fsp3) is 0.172. The van der Waals surface area contributed by atoms with Crippen molar-refractivity contribution in [2.45, 2.75) is 11.1 Å². The normalized spacial score (nSPS) is 11.9. The summed E-state index contributed by atoms with van der Waals surface area (Å²) >= 11 is 0. The molecule has 10 nitrogen and oxygen atoms in total. The molecule has 0 atom stereocenters. The van der Waals surface area contributed by atoms with E-state index in [9.17, 15) is 30.8 Å². The zero-order chi connectivity index (χ0) is 31.9. The molecule has 0 fully saturated rings. The molecule has 44 heavy (non-hydrogen) atoms. The van der Waals surface area contributed by atoms with E-state index >= 15 is 0 Å². The molecule has 1 heterocycles. The topological polar surface area (TPSA) is 129 Å². The van der Waals surface area contributed by atoms with Gasteiger partial charge in [-0.3, -0.25) is 4.79 Å². The van der Waals surface area contributed by atoms with Gasteiger partial charge < -0.3 is 15.5 Å². The van der Waals surface area contributed by atoms with Crippen LogP contribution in [0, 0.1) is 5.82 Å². The van der Waals surface area contributed by atoms with Gasteiger partial charge in [-0.2, -0.15) is 28.1 Å². The number of sulfonamides is 1. The molecule has 4 rings (SSSR count). The maximum absolute atomic E-state index is 13.2. The van der Waals surface area contributed by atoms with Crippen molar-refractivity contribution in [1.29, 1.82) is 0 Å². The van der Waals surface area contributed by atoms with Crippen molar-refractivity contribution in [3.63, 3.8) is 0 Å². The molecule has 15 heteroatoms. The number of hydrogen-bond donors (Lipinski definition) is 3. The van der Waals surface area contributed by atoms with E-state index < -0.39 is 27.5 Å². The summed E-state index contributed by atoms with van der Waals surface area (Å²) in [5.41, 5.74) is 0.365. The SMILES string of the molecule is CN(C)c1nc(NCCNS(=O)(=O)c2ccc(C(=O)/C=C/c3ccc(C(F)(F)F)cc3)cc2)nc(Nc2ccc(F)cc2)n1. The van der Waals surface area contributed by atoms with Crippen molar-refractivity contribution in [3.8, 4) is 0 Å². The number of rotatable bonds is 12. The number of halogens is 4. The van der Waals surface area contributed by atoms with Crippen LogP contribution in [-0.2, 0) is 16.2 Å². The number of nitrogens with zero attached hydrogens (tertiary/aromatic N) is 4. The van der Waals surface area contributed by atoms with E-state index in [2.05, 4.69) is 30.3 Å². The summed E-state index contributed by atoms with van der Waals surface area (Å²) in [6.07, 6.45) is -1.89. The maximum Gasteiger partial charge on any atom is 0.416 e. The third-order valence-corrected chi connectivity index (χ3v) is 7.42. The number of carbonyl (C=O) groups is 1. The highest BCUT2D eigenvalue weighted by atomic mass is 32.2. The lowest BCUT2D eigenvalue weighted by Crippen LogP contribution is -2.29. The summed E-state index contributed by atoms with van der Waals surface area (Å²) in [4.78, 5) is 26.9. The Balaban J connectivity index is 1.32. The predicted molar refractivity (Wildman–Crippen MR) is 159 cm³/mol. The van der Waals surface area contributed by atoms with E-state index in [0.29, 0.717) is 17.2 Å². The number of nitrogens with one attached hydrogen (secondary N) is 3. The van der Waals surface area contributed by atoms with Gasteiger partial charge in [-0.15, -0.1) is 0 Å². The van der Waals surface area contributed by atoms with Gasteiger partial charge in [0, 0.05) is 38.4 Å². The Hall–Kier alpha value is -4.89. The van der Waals surface area contributed by atoms with Gasteiger partial charge in [-0.1, -0.05) is 18.2 Å². The lowest BCUT2D eigenvalue weighted by atomic mass is 10.1. The lowest BCUT2D eigenvalue weighted by molar-refractivity contribution is -0.137. The number of hydrogen-bond acceptors (Lipinski definition) is 9. The third-order valence-electron chi connectivity index (χ3n) is 5.94. The lowest BCUT2D eigenvalue weighted by Gasteiger charge is -2.14. The summed E-state index contributed by atoms with van der Waals surface area (Å²) in [7, 11) is -0.439. The van der Waals surface area contributed by atoms with Crippen LogP contribution in [0.5, 0.6) is 0 Å². The van der Waals surface area contributed by atoms with Gasteiger partial charge in [0.1, 0.15) is 5.82 Å². The molecule has 4 aromatic rings. The smallest absolute Gasteiger partial charge is 0.353 e. The Morgan fingerprint density at radius 1 is 0.864 bits per heavy atom. The van der Waals surface area contributed by atoms with Crippen LogP contribution in [0.25, 0.3) is 6.08 Å². The second kappa shape index (κ2) is 13.6. The molecular weight excluding hydrogens is 602 g/mol. The maximum atomic E-state index is 13.2. The van der Waals surface area contributed by atoms with Gasteiger partial charge in [0.2, 0.25) is 27.9 Å². The van der Waals surface area contributed by atoms with Crippen LogP contribution in [-0.4, -0.2) is 56.3 Å². The molecule has 230 valence electrons. The minimum absolute atomic E-state index is 0.0252. The minimum atomic E-state index is -4.45. The largest absolute Gasteiger partial charge is 0.416 e. The fourth-order valence-corrected chi connectivity index (χ4v) is 4.69. The fourth-order valence-electron chi connectivity index (χ4n) is 3.65. The van der Waals surface area contributed by atoms with Crippen LogP contribution in [0.1, 0.15) is 21.5 Å². The van der Waals surface area contributed by atoms with E-state index in [4.69, 9.17) is 0 Å². The summed E-state index contributed by atoms with van der Waals surface area (Å²) < 4.78 is 79.3. The molecule has 3 N–H and O–H groups in total. The molecule has 0 spiro atoms. The number of carbonyl (C=O) groups excluding carboxylic acids is 1. The Bertz CT molecular complexity index is 1730. The van der Waals surface area contributed by atoms with Crippen molar-refractivity contribution in [1.82, 2.24) is 19.7 Å². The molecule has 0 aliphatic heterocycles. The minimum Gasteiger partial charge on any atom is -0.353 e. The number of ketones is 1. The quantitative estimate of drug-likeness (QED) is 0.0846. The van der Waals surface area contributed by atoms with Gasteiger partial charge in [-0.25, -0.2) is 17.5 Å². The molecule has 0 saturated carbocycles. The van der Waals surface area contributed by atoms with E-state index in [0.717, 1.165) is 12.1 Å². The van der Waals surface area contributed by atoms with Gasteiger partial charge in [-0.05, 0) is 72.3 Å². The van der Waals surface area contributed by atoms with Crippen molar-refractivity contribution >= 4 is 45.4 Å². The third kappa shape index (κ3) is 8.81. The molecular formula is C29H27F4N7O3S. The predicted octanol–water partition coefficient (Wildman–Crippen LogP) is 5.13. The summed E-state index contributed by atoms with van der Waals surface area (Å²) in [6.45, 7) is 0.0972. The first-order valence-electron chi connectivity index (χ1n) is 13.0. The monoisotopic (exact) mass is 629 g/mol. The van der Waals surface area contributed by atoms with Gasteiger partial charge in [0.05, 0.1) is 10.5 Å². The number of benzene rings is 3. The first-order chi connectivity index (χ1) is 20.8. The first-order valence-corrected chi connectivity index (χ1v) is 14.5. The van der Waals surface area contributed by atoms with Crippen molar-refractivity contribution in [3.05, 3.63) is 101 Å². The molecule has 0 bridgehead atoms. The number of aromatic nitrogens is 3. The van der Waals surface area contributed by atoms with Gasteiger partial charge in [0.25, 0.3) is 0 Å². The first kappa shape index (κ1) is 32.0. The molecule has 0 radical (unpaired) electrons. The zero-order valence-electron chi connectivity index (χ0n) is 23.4. The van der Waals surface area contributed by atoms with Crippen molar-refractivity contribution in [2.24, 2.45) is 0 Å². The molecule has 0 unspecified atom stereocenters. The number of alkyl halides is 3. The van der Waals surface area contributed by atoms with Crippen LogP contribution in [0.2, 0.25) is 0 Å². The van der Waals surface area contributed by atoms with Crippen molar-refractivity contribution in [2.75, 3.05) is 42.7 Å². The molecule has 0 aliphatic rings. The number of anilines is 4. The van der Waals surface area contributed by atoms with Crippen LogP contribution in [0.3, 0.4) is 0 Å². The number of allylic oxidation sites excluding steroid dienone is 1. The summed E-state index contributed by atoms with van der Waals surface area (Å²) in [5.74, 6) is -0.131. The molecule has 3 aromatic carbocycles. The van der Waals surface area contributed by atoms with Crippen LogP contribution in [0.4, 0.5) is 41.1 Å². The highest BCUT2D eigenvalue weighted by Crippen LogP contribution is 2.29. The second-order valence-electron chi connectivity index (χ2n) is 9.48. The molecule has 0 saturated heterocycles. The Morgan fingerprint density at radius 2 is 1.50 bits per heavy atom. The highest BCUT2D eigenvalue weighted by Gasteiger charge is 2.29. The van der Waals surface area contributed by atoms with Crippen LogP contribution < -0.4 is 20.3 Å². The molecule has 0 amide bonds. The highest BCUT2D eigenvalue weighted by molar-refractivity contribution is 7.89. The molecule has 1 aromatic heterocycles. The second-order valence-corrected chi connectivity index (χ2v) is 11.2. The van der Waals surface area contributed by atoms with Crippen LogP contribution >= 0.6 is 0 Å². The Labute approximate surface area is 250 Å². The van der Waals surface area contributed by atoms with E-state index in [1.165, 1.54) is 72.8 Å². The average Bonchev–Trinajstić information content (AvgIpc) is 2.99.